The molecule has 0 aromatic carbocycles. The molecule has 0 saturated carbocycles. The average molecular weight is 304 g/mol. The van der Waals surface area contributed by atoms with Crippen molar-refractivity contribution in [1.29, 1.82) is 0 Å². The van der Waals surface area contributed by atoms with Crippen LogP contribution in [0.1, 0.15) is 13.3 Å². The highest BCUT2D eigenvalue weighted by Gasteiger charge is 2.17. The minimum absolute atomic E-state index is 0.197. The maximum Gasteiger partial charge on any atom is 0.323 e. The zero-order chi connectivity index (χ0) is 14.3. The molecule has 1 aromatic rings. The molecule has 6 nitrogen and oxygen atoms in total. The highest BCUT2D eigenvalue weighted by molar-refractivity contribution is 8.01. The number of aromatic nitrogens is 2. The van der Waals surface area contributed by atoms with Crippen molar-refractivity contribution in [2.24, 2.45) is 0 Å². The third-order valence-electron chi connectivity index (χ3n) is 2.33. The van der Waals surface area contributed by atoms with Gasteiger partial charge in [0.2, 0.25) is 5.13 Å². The molecule has 0 amide bonds. The molecule has 19 heavy (non-hydrogen) atoms. The Hall–Kier alpha value is -0.860. The SMILES string of the molecule is CCOC(=O)C(CCSc1nnc(N(C)C)s1)NC. The third-order valence-corrected chi connectivity index (χ3v) is 4.59. The average Bonchev–Trinajstić information content (AvgIpc) is 2.83. The van der Waals surface area contributed by atoms with Crippen LogP contribution in [0.15, 0.2) is 4.34 Å². The van der Waals surface area contributed by atoms with Gasteiger partial charge in [-0.15, -0.1) is 10.2 Å². The Morgan fingerprint density at radius 1 is 1.53 bits per heavy atom. The lowest BCUT2D eigenvalue weighted by molar-refractivity contribution is -0.145. The van der Waals surface area contributed by atoms with E-state index >= 15 is 0 Å². The van der Waals surface area contributed by atoms with Gasteiger partial charge in [-0.1, -0.05) is 23.1 Å². The fourth-order valence-corrected chi connectivity index (χ4v) is 3.17. The predicted octanol–water partition coefficient (Wildman–Crippen LogP) is 1.24. The van der Waals surface area contributed by atoms with Crippen molar-refractivity contribution in [2.45, 2.75) is 23.7 Å². The maximum absolute atomic E-state index is 11.6. The number of nitrogens with zero attached hydrogens (tertiary/aromatic N) is 3. The molecule has 0 spiro atoms. The van der Waals surface area contributed by atoms with Crippen LogP contribution in [-0.4, -0.2) is 55.7 Å². The first-order valence-electron chi connectivity index (χ1n) is 6.06. The minimum atomic E-state index is -0.256. The molecule has 8 heteroatoms. The summed E-state index contributed by atoms with van der Waals surface area (Å²) < 4.78 is 5.91. The molecule has 0 aliphatic carbocycles. The number of nitrogens with one attached hydrogen (secondary N) is 1. The van der Waals surface area contributed by atoms with Crippen LogP contribution in [0.25, 0.3) is 0 Å². The maximum atomic E-state index is 11.6. The largest absolute Gasteiger partial charge is 0.465 e. The predicted molar refractivity (Wildman–Crippen MR) is 79.1 cm³/mol. The number of hydrogen-bond donors (Lipinski definition) is 1. The molecule has 1 rings (SSSR count). The summed E-state index contributed by atoms with van der Waals surface area (Å²) in [6.07, 6.45) is 0.705. The van der Waals surface area contributed by atoms with Gasteiger partial charge in [-0.25, -0.2) is 0 Å². The summed E-state index contributed by atoms with van der Waals surface area (Å²) in [6, 6.07) is -0.256. The summed E-state index contributed by atoms with van der Waals surface area (Å²) >= 11 is 3.16. The highest BCUT2D eigenvalue weighted by atomic mass is 32.2. The van der Waals surface area contributed by atoms with E-state index < -0.39 is 0 Å². The van der Waals surface area contributed by atoms with E-state index in [1.807, 2.05) is 25.9 Å². The number of esters is 1. The van der Waals surface area contributed by atoms with Crippen molar-refractivity contribution in [2.75, 3.05) is 38.4 Å². The van der Waals surface area contributed by atoms with Gasteiger partial charge in [-0.2, -0.15) is 0 Å². The summed E-state index contributed by atoms with van der Waals surface area (Å²) in [5.41, 5.74) is 0. The zero-order valence-electron chi connectivity index (χ0n) is 11.7. The van der Waals surface area contributed by atoms with Crippen LogP contribution in [-0.2, 0) is 9.53 Å². The van der Waals surface area contributed by atoms with E-state index in [9.17, 15) is 4.79 Å². The first-order valence-corrected chi connectivity index (χ1v) is 7.86. The number of anilines is 1. The lowest BCUT2D eigenvalue weighted by atomic mass is 10.2. The molecule has 0 bridgehead atoms. The van der Waals surface area contributed by atoms with Crippen molar-refractivity contribution in [1.82, 2.24) is 15.5 Å². The van der Waals surface area contributed by atoms with E-state index in [2.05, 4.69) is 15.5 Å². The molecule has 108 valence electrons. The number of thioether (sulfide) groups is 1. The van der Waals surface area contributed by atoms with E-state index in [1.54, 1.807) is 30.1 Å². The molecule has 1 aromatic heterocycles. The van der Waals surface area contributed by atoms with Crippen molar-refractivity contribution in [3.05, 3.63) is 0 Å². The molecule has 1 atom stereocenters. The second-order valence-electron chi connectivity index (χ2n) is 3.98. The second-order valence-corrected chi connectivity index (χ2v) is 6.27. The molecule has 1 N–H and O–H groups in total. The summed E-state index contributed by atoms with van der Waals surface area (Å²) in [4.78, 5) is 13.5. The third kappa shape index (κ3) is 5.33. The van der Waals surface area contributed by atoms with Crippen LogP contribution in [0, 0.1) is 0 Å². The van der Waals surface area contributed by atoms with Crippen LogP contribution >= 0.6 is 23.1 Å². The Balaban J connectivity index is 2.37. The van der Waals surface area contributed by atoms with Crippen LogP contribution in [0.5, 0.6) is 0 Å². The summed E-state index contributed by atoms with van der Waals surface area (Å²) in [5, 5.41) is 12.0. The monoisotopic (exact) mass is 304 g/mol. The van der Waals surface area contributed by atoms with Crippen molar-refractivity contribution in [3.8, 4) is 0 Å². The molecular formula is C11H20N4O2S2. The highest BCUT2D eigenvalue weighted by Crippen LogP contribution is 2.27. The van der Waals surface area contributed by atoms with Gasteiger partial charge >= 0.3 is 5.97 Å². The summed E-state index contributed by atoms with van der Waals surface area (Å²) in [6.45, 7) is 2.22. The van der Waals surface area contributed by atoms with Gasteiger partial charge in [0.25, 0.3) is 0 Å². The number of rotatable bonds is 8. The lowest BCUT2D eigenvalue weighted by Crippen LogP contribution is -2.36. The Morgan fingerprint density at radius 3 is 2.79 bits per heavy atom. The quantitative estimate of drug-likeness (QED) is 0.572. The van der Waals surface area contributed by atoms with Crippen LogP contribution in [0.2, 0.25) is 0 Å². The number of carbonyl (C=O) groups excluding carboxylic acids is 1. The standard InChI is InChI=1S/C11H20N4O2S2/c1-5-17-9(16)8(12-2)6-7-18-11-14-13-10(19-11)15(3)4/h8,12H,5-7H2,1-4H3. The first-order chi connectivity index (χ1) is 9.08. The van der Waals surface area contributed by atoms with E-state index in [-0.39, 0.29) is 12.0 Å². The Labute approximate surface area is 121 Å². The molecule has 0 aliphatic heterocycles. The smallest absolute Gasteiger partial charge is 0.323 e. The van der Waals surface area contributed by atoms with Gasteiger partial charge in [0.15, 0.2) is 4.34 Å². The second kappa shape index (κ2) is 8.34. The van der Waals surface area contributed by atoms with Gasteiger partial charge < -0.3 is 15.0 Å². The van der Waals surface area contributed by atoms with Crippen molar-refractivity contribution in [3.63, 3.8) is 0 Å². The number of hydrogen-bond acceptors (Lipinski definition) is 8. The van der Waals surface area contributed by atoms with Gasteiger partial charge in [-0.05, 0) is 20.4 Å². The topological polar surface area (TPSA) is 67.3 Å². The number of carbonyl (C=O) groups is 1. The van der Waals surface area contributed by atoms with E-state index in [0.29, 0.717) is 13.0 Å². The van der Waals surface area contributed by atoms with Gasteiger partial charge in [0.1, 0.15) is 6.04 Å². The van der Waals surface area contributed by atoms with Crippen LogP contribution in [0.4, 0.5) is 5.13 Å². The summed E-state index contributed by atoms with van der Waals surface area (Å²) in [5.74, 6) is 0.601. The molecule has 1 unspecified atom stereocenters. The Bertz CT molecular complexity index is 398. The number of ether oxygens (including phenoxy) is 1. The molecule has 0 aliphatic rings. The molecule has 0 fully saturated rings. The molecular weight excluding hydrogens is 284 g/mol. The zero-order valence-corrected chi connectivity index (χ0v) is 13.3. The van der Waals surface area contributed by atoms with Crippen LogP contribution < -0.4 is 10.2 Å². The van der Waals surface area contributed by atoms with E-state index in [0.717, 1.165) is 15.2 Å². The van der Waals surface area contributed by atoms with Gasteiger partial charge in [-0.3, -0.25) is 4.79 Å². The van der Waals surface area contributed by atoms with E-state index in [4.69, 9.17) is 4.74 Å². The number of likely N-dealkylation sites (N-methyl/N-ethyl adjacent to an activating group) is 1. The van der Waals surface area contributed by atoms with Crippen molar-refractivity contribution >= 4 is 34.2 Å². The molecule has 0 saturated heterocycles. The van der Waals surface area contributed by atoms with Crippen molar-refractivity contribution < 1.29 is 9.53 Å². The fraction of sp³-hybridized carbons (Fsp3) is 0.727. The normalized spacial score (nSPS) is 12.2. The van der Waals surface area contributed by atoms with E-state index in [1.165, 1.54) is 0 Å². The molecule has 0 radical (unpaired) electrons. The fourth-order valence-electron chi connectivity index (χ4n) is 1.33. The molecule has 1 heterocycles. The summed E-state index contributed by atoms with van der Waals surface area (Å²) in [7, 11) is 5.64. The minimum Gasteiger partial charge on any atom is -0.465 e. The van der Waals surface area contributed by atoms with Crippen LogP contribution in [0.3, 0.4) is 0 Å². The first kappa shape index (κ1) is 16.2. The lowest BCUT2D eigenvalue weighted by Gasteiger charge is -2.13. The van der Waals surface area contributed by atoms with Gasteiger partial charge in [0, 0.05) is 19.8 Å². The Morgan fingerprint density at radius 2 is 2.26 bits per heavy atom. The Kier molecular flexibility index (Phi) is 7.11. The van der Waals surface area contributed by atoms with Gasteiger partial charge in [0.05, 0.1) is 6.61 Å².